The van der Waals surface area contributed by atoms with E-state index in [0.29, 0.717) is 48.9 Å². The van der Waals surface area contributed by atoms with E-state index in [-0.39, 0.29) is 12.1 Å². The predicted octanol–water partition coefficient (Wildman–Crippen LogP) is 3.55. The second kappa shape index (κ2) is 15.4. The molecular weight excluding hydrogens is 700 g/mol. The Morgan fingerprint density at radius 2 is 1.35 bits per heavy atom. The van der Waals surface area contributed by atoms with Gasteiger partial charge in [0.25, 0.3) is 0 Å². The second-order valence-corrected chi connectivity index (χ2v) is 13.2. The zero-order chi connectivity index (χ0) is 37.9. The number of carbonyl (C=O) groups is 4. The molecule has 2 aliphatic heterocycles. The summed E-state index contributed by atoms with van der Waals surface area (Å²) in [7, 11) is 1.19. The summed E-state index contributed by atoms with van der Waals surface area (Å²) in [6.45, 7) is -0.297. The molecule has 17 nitrogen and oxygen atoms in total. The van der Waals surface area contributed by atoms with Gasteiger partial charge in [0.15, 0.2) is 0 Å². The number of likely N-dealkylation sites (tertiary alicyclic amines) is 2. The molecule has 7 rings (SSSR count). The molecule has 0 unspecified atom stereocenters. The Kier molecular flexibility index (Phi) is 10.3. The van der Waals surface area contributed by atoms with Crippen molar-refractivity contribution in [3.05, 3.63) is 72.6 Å². The van der Waals surface area contributed by atoms with Crippen LogP contribution in [0.15, 0.2) is 65.3 Å². The lowest BCUT2D eigenvalue weighted by atomic mass is 10.1. The van der Waals surface area contributed by atoms with Crippen molar-refractivity contribution in [2.45, 2.75) is 49.9 Å². The van der Waals surface area contributed by atoms with E-state index in [2.05, 4.69) is 35.3 Å². The molecule has 4 amide bonds. The van der Waals surface area contributed by atoms with E-state index in [4.69, 9.17) is 9.52 Å². The number of aromatic amines is 2. The quantitative estimate of drug-likeness (QED) is 0.103. The maximum atomic E-state index is 13.2. The fourth-order valence-corrected chi connectivity index (χ4v) is 7.22. The largest absolute Gasteiger partial charge is 0.465 e. The van der Waals surface area contributed by atoms with Gasteiger partial charge in [0.2, 0.25) is 11.8 Å². The van der Waals surface area contributed by atoms with Crippen molar-refractivity contribution in [1.82, 2.24) is 40.4 Å². The number of nitrogens with one attached hydrogen (secondary N) is 4. The average molecular weight is 741 g/mol. The maximum absolute atomic E-state index is 13.2. The van der Waals surface area contributed by atoms with Gasteiger partial charge in [-0.3, -0.25) is 9.59 Å². The van der Waals surface area contributed by atoms with Crippen LogP contribution in [0.2, 0.25) is 0 Å². The zero-order valence-corrected chi connectivity index (χ0v) is 29.3. The van der Waals surface area contributed by atoms with Crippen molar-refractivity contribution in [2.24, 2.45) is 0 Å². The molecule has 2 aromatic carbocycles. The molecule has 0 saturated carbocycles. The van der Waals surface area contributed by atoms with Crippen LogP contribution in [0.5, 0.6) is 0 Å². The van der Waals surface area contributed by atoms with Crippen molar-refractivity contribution in [3.8, 4) is 33.8 Å². The van der Waals surface area contributed by atoms with E-state index in [1.165, 1.54) is 7.11 Å². The maximum Gasteiger partial charge on any atom is 0.407 e. The number of carboxylic acid groups (broad SMARTS) is 1. The Labute approximate surface area is 308 Å². The number of hydrogen-bond donors (Lipinski definition) is 7. The van der Waals surface area contributed by atoms with Crippen LogP contribution in [0.25, 0.3) is 44.8 Å². The van der Waals surface area contributed by atoms with Crippen LogP contribution in [0.3, 0.4) is 0 Å². The molecule has 3 aromatic heterocycles. The van der Waals surface area contributed by atoms with E-state index < -0.39 is 49.3 Å². The number of methoxy groups -OCH3 is 1. The number of aliphatic hydroxyl groups is 2. The van der Waals surface area contributed by atoms with E-state index in [0.717, 1.165) is 46.3 Å². The van der Waals surface area contributed by atoms with E-state index in [9.17, 15) is 29.4 Å². The molecular formula is C37H40N8O9. The SMILES string of the molecule is COC(=O)N[C@@H](CO)C(=O)N1CCC[C@H]1c1ncc(-c2ccc3oc(-c4ccc(-c5cnc([C@@H]6CCCN6C(=O)[C@H](CO)NC(=O)O)[nH]5)cc4)cc3c2)[nH]1. The number of nitrogens with zero attached hydrogens (tertiary/aromatic N) is 4. The molecule has 4 atom stereocenters. The number of imidazole rings is 2. The van der Waals surface area contributed by atoms with Gasteiger partial charge in [-0.2, -0.15) is 0 Å². The van der Waals surface area contributed by atoms with Crippen LogP contribution in [-0.4, -0.2) is 115 Å². The summed E-state index contributed by atoms with van der Waals surface area (Å²) < 4.78 is 10.8. The molecule has 282 valence electrons. The van der Waals surface area contributed by atoms with Crippen LogP contribution >= 0.6 is 0 Å². The number of aromatic nitrogens is 4. The van der Waals surface area contributed by atoms with Crippen LogP contribution in [0, 0.1) is 0 Å². The molecule has 5 heterocycles. The summed E-state index contributed by atoms with van der Waals surface area (Å²) in [5.41, 5.74) is 4.83. The van der Waals surface area contributed by atoms with Crippen molar-refractivity contribution in [1.29, 1.82) is 0 Å². The first kappa shape index (κ1) is 36.2. The second-order valence-electron chi connectivity index (χ2n) is 13.2. The van der Waals surface area contributed by atoms with E-state index in [1.807, 2.05) is 48.5 Å². The molecule has 7 N–H and O–H groups in total. The van der Waals surface area contributed by atoms with Crippen LogP contribution < -0.4 is 10.6 Å². The summed E-state index contributed by atoms with van der Waals surface area (Å²) in [5.74, 6) is 0.971. The molecule has 2 aliphatic rings. The van der Waals surface area contributed by atoms with Gasteiger partial charge in [-0.25, -0.2) is 19.6 Å². The zero-order valence-electron chi connectivity index (χ0n) is 29.3. The number of fused-ring (bicyclic) bond motifs is 1. The van der Waals surface area contributed by atoms with Crippen LogP contribution in [0.4, 0.5) is 9.59 Å². The number of amides is 4. The minimum Gasteiger partial charge on any atom is -0.465 e. The number of carbonyl (C=O) groups excluding carboxylic acids is 3. The number of benzene rings is 2. The number of alkyl carbamates (subject to hydrolysis) is 1. The van der Waals surface area contributed by atoms with Crippen molar-refractivity contribution < 1.29 is 43.7 Å². The molecule has 0 radical (unpaired) electrons. The Hall–Kier alpha value is -6.20. The van der Waals surface area contributed by atoms with Crippen LogP contribution in [-0.2, 0) is 14.3 Å². The smallest absolute Gasteiger partial charge is 0.407 e. The minimum atomic E-state index is -1.38. The first-order valence-electron chi connectivity index (χ1n) is 17.6. The molecule has 5 aromatic rings. The summed E-state index contributed by atoms with van der Waals surface area (Å²) in [4.78, 5) is 67.9. The van der Waals surface area contributed by atoms with E-state index in [1.54, 1.807) is 22.2 Å². The van der Waals surface area contributed by atoms with Crippen molar-refractivity contribution >= 4 is 35.0 Å². The van der Waals surface area contributed by atoms with Gasteiger partial charge in [0.05, 0.1) is 56.2 Å². The molecule has 17 heteroatoms. The van der Waals surface area contributed by atoms with Gasteiger partial charge < -0.3 is 54.9 Å². The third-order valence-corrected chi connectivity index (χ3v) is 9.94. The standard InChI is InChI=1S/C37H40N8O9/c1-53-37(52)43-27(19-47)35(49)45-13-3-5-29(45)33-39-17-25(41-33)22-10-11-30-23(14-22)15-31(54-30)21-8-6-20(7-9-21)24-16-38-32(40-24)28-4-2-12-44(28)34(48)26(18-46)42-36(50)51/h6-11,14-17,26-29,42,46-47H,2-5,12-13,18-19H2,1H3,(H,38,40)(H,39,41)(H,43,52)(H,50,51)/t26-,27-,28-,29-/m0/s1. The van der Waals surface area contributed by atoms with Gasteiger partial charge in [0, 0.05) is 29.6 Å². The molecule has 54 heavy (non-hydrogen) atoms. The molecule has 0 bridgehead atoms. The Morgan fingerprint density at radius 3 is 1.91 bits per heavy atom. The number of hydrogen-bond acceptors (Lipinski definition) is 10. The number of rotatable bonds is 11. The highest BCUT2D eigenvalue weighted by molar-refractivity contribution is 5.88. The van der Waals surface area contributed by atoms with Gasteiger partial charge in [0.1, 0.15) is 35.1 Å². The van der Waals surface area contributed by atoms with Crippen molar-refractivity contribution in [2.75, 3.05) is 33.4 Å². The first-order valence-corrected chi connectivity index (χ1v) is 17.6. The topological polar surface area (TPSA) is 239 Å². The predicted molar refractivity (Wildman–Crippen MR) is 193 cm³/mol. The van der Waals surface area contributed by atoms with Crippen molar-refractivity contribution in [3.63, 3.8) is 0 Å². The fourth-order valence-electron chi connectivity index (χ4n) is 7.22. The third-order valence-electron chi connectivity index (χ3n) is 9.94. The fraction of sp³-hybridized carbons (Fsp3) is 0.351. The Morgan fingerprint density at radius 1 is 0.815 bits per heavy atom. The molecule has 2 saturated heterocycles. The number of furan rings is 1. The molecule has 0 aliphatic carbocycles. The molecule has 2 fully saturated rings. The third kappa shape index (κ3) is 7.22. The van der Waals surface area contributed by atoms with Gasteiger partial charge in [-0.15, -0.1) is 0 Å². The minimum absolute atomic E-state index is 0.338. The molecule has 0 spiro atoms. The number of H-pyrrole nitrogens is 2. The van der Waals surface area contributed by atoms with Gasteiger partial charge in [-0.1, -0.05) is 24.3 Å². The normalized spacial score (nSPS) is 18.1. The van der Waals surface area contributed by atoms with Crippen LogP contribution in [0.1, 0.15) is 49.4 Å². The van der Waals surface area contributed by atoms with Gasteiger partial charge in [-0.05, 0) is 55.5 Å². The average Bonchev–Trinajstić information content (AvgIpc) is 4.03. The highest BCUT2D eigenvalue weighted by Crippen LogP contribution is 2.36. The highest BCUT2D eigenvalue weighted by Gasteiger charge is 2.37. The van der Waals surface area contributed by atoms with E-state index >= 15 is 0 Å². The lowest BCUT2D eigenvalue weighted by molar-refractivity contribution is -0.136. The number of ether oxygens (including phenoxy) is 1. The monoisotopic (exact) mass is 740 g/mol. The highest BCUT2D eigenvalue weighted by atomic mass is 16.5. The summed E-state index contributed by atoms with van der Waals surface area (Å²) in [6.07, 6.45) is 4.05. The lowest BCUT2D eigenvalue weighted by Gasteiger charge is -2.27. The van der Waals surface area contributed by atoms with Gasteiger partial charge >= 0.3 is 12.2 Å². The summed E-state index contributed by atoms with van der Waals surface area (Å²) >= 11 is 0. The number of aliphatic hydroxyl groups excluding tert-OH is 2. The Bertz CT molecular complexity index is 2160. The summed E-state index contributed by atoms with van der Waals surface area (Å²) in [6, 6.07) is 12.5. The summed E-state index contributed by atoms with van der Waals surface area (Å²) in [5, 5.41) is 33.7. The first-order chi connectivity index (χ1) is 26.2. The lowest BCUT2D eigenvalue weighted by Crippen LogP contribution is -2.50. The Balaban J connectivity index is 1.03.